The molecule has 1 heterocycles. The Hall–Kier alpha value is -2.04. The minimum Gasteiger partial charge on any atom is -0.460 e. The number of ketones is 1. The Morgan fingerprint density at radius 1 is 1.21 bits per heavy atom. The van der Waals surface area contributed by atoms with E-state index in [1.807, 2.05) is 0 Å². The van der Waals surface area contributed by atoms with Gasteiger partial charge in [0, 0.05) is 5.56 Å². The van der Waals surface area contributed by atoms with Crippen molar-refractivity contribution < 1.29 is 23.8 Å². The van der Waals surface area contributed by atoms with Gasteiger partial charge in [0.1, 0.15) is 12.0 Å². The molecule has 0 N–H and O–H groups in total. The van der Waals surface area contributed by atoms with Crippen molar-refractivity contribution in [3.05, 3.63) is 23.8 Å². The monoisotopic (exact) mass is 264 g/mol. The average molecular weight is 264 g/mol. The summed E-state index contributed by atoms with van der Waals surface area (Å²) >= 11 is 0. The summed E-state index contributed by atoms with van der Waals surface area (Å²) in [6, 6.07) is 4.85. The second-order valence-corrected chi connectivity index (χ2v) is 5.25. The summed E-state index contributed by atoms with van der Waals surface area (Å²) < 4.78 is 15.4. The maximum absolute atomic E-state index is 11.9. The molecule has 0 amide bonds. The minimum absolute atomic E-state index is 0.152. The van der Waals surface area contributed by atoms with Gasteiger partial charge in [0.25, 0.3) is 0 Å². The maximum Gasteiger partial charge on any atom is 0.314 e. The molecule has 0 unspecified atom stereocenters. The Labute approximate surface area is 111 Å². The van der Waals surface area contributed by atoms with E-state index >= 15 is 0 Å². The number of benzene rings is 1. The van der Waals surface area contributed by atoms with Crippen LogP contribution in [0.25, 0.3) is 0 Å². The van der Waals surface area contributed by atoms with Gasteiger partial charge in [-0.15, -0.1) is 0 Å². The quantitative estimate of drug-likeness (QED) is 0.476. The molecular formula is C14H16O5. The van der Waals surface area contributed by atoms with Crippen LogP contribution < -0.4 is 9.47 Å². The third kappa shape index (κ3) is 3.47. The lowest BCUT2D eigenvalue weighted by molar-refractivity contribution is -0.153. The number of ether oxygens (including phenoxy) is 3. The average Bonchev–Trinajstić information content (AvgIpc) is 2.72. The molecule has 0 atom stereocenters. The van der Waals surface area contributed by atoms with Gasteiger partial charge in [-0.1, -0.05) is 0 Å². The SMILES string of the molecule is CC(C)(C)OC(=O)CC(=O)c1ccc2c(c1)OCO2. The van der Waals surface area contributed by atoms with E-state index in [2.05, 4.69) is 0 Å². The van der Waals surface area contributed by atoms with Crippen molar-refractivity contribution in [2.75, 3.05) is 6.79 Å². The zero-order chi connectivity index (χ0) is 14.0. The molecule has 0 aromatic heterocycles. The van der Waals surface area contributed by atoms with Crippen molar-refractivity contribution >= 4 is 11.8 Å². The van der Waals surface area contributed by atoms with Crippen LogP contribution in [0.1, 0.15) is 37.6 Å². The van der Waals surface area contributed by atoms with Gasteiger partial charge in [-0.05, 0) is 39.0 Å². The van der Waals surface area contributed by atoms with Crippen LogP contribution in [0.4, 0.5) is 0 Å². The maximum atomic E-state index is 11.9. The molecule has 0 spiro atoms. The standard InChI is InChI=1S/C14H16O5/c1-14(2,3)19-13(16)7-10(15)9-4-5-11-12(6-9)18-8-17-11/h4-6H,7-8H2,1-3H3. The lowest BCUT2D eigenvalue weighted by Gasteiger charge is -2.19. The zero-order valence-corrected chi connectivity index (χ0v) is 11.2. The molecule has 0 aliphatic carbocycles. The molecule has 0 bridgehead atoms. The first kappa shape index (κ1) is 13.4. The Kier molecular flexibility index (Phi) is 3.46. The fraction of sp³-hybridized carbons (Fsp3) is 0.429. The van der Waals surface area contributed by atoms with E-state index < -0.39 is 11.6 Å². The Morgan fingerprint density at radius 3 is 2.58 bits per heavy atom. The molecule has 2 rings (SSSR count). The predicted octanol–water partition coefficient (Wildman–Crippen LogP) is 2.33. The first-order valence-corrected chi connectivity index (χ1v) is 6.00. The Balaban J connectivity index is 2.02. The molecule has 0 saturated carbocycles. The van der Waals surface area contributed by atoms with Crippen LogP contribution >= 0.6 is 0 Å². The highest BCUT2D eigenvalue weighted by molar-refractivity contribution is 6.06. The van der Waals surface area contributed by atoms with Crippen molar-refractivity contribution in [1.82, 2.24) is 0 Å². The van der Waals surface area contributed by atoms with Crippen LogP contribution in [0.2, 0.25) is 0 Å². The number of hydrogen-bond donors (Lipinski definition) is 0. The van der Waals surface area contributed by atoms with Crippen molar-refractivity contribution in [2.45, 2.75) is 32.8 Å². The van der Waals surface area contributed by atoms with Gasteiger partial charge in [-0.3, -0.25) is 9.59 Å². The molecule has 1 aliphatic rings. The topological polar surface area (TPSA) is 61.8 Å². The highest BCUT2D eigenvalue weighted by atomic mass is 16.7. The minimum atomic E-state index is -0.591. The summed E-state index contributed by atoms with van der Waals surface area (Å²) in [6.45, 7) is 5.43. The van der Waals surface area contributed by atoms with Crippen LogP contribution in [-0.2, 0) is 9.53 Å². The molecule has 5 nitrogen and oxygen atoms in total. The predicted molar refractivity (Wildman–Crippen MR) is 67.4 cm³/mol. The number of esters is 1. The summed E-state index contributed by atoms with van der Waals surface area (Å²) in [5.41, 5.74) is -0.179. The highest BCUT2D eigenvalue weighted by Gasteiger charge is 2.21. The van der Waals surface area contributed by atoms with Gasteiger partial charge >= 0.3 is 5.97 Å². The van der Waals surface area contributed by atoms with Crippen LogP contribution in [0.5, 0.6) is 11.5 Å². The van der Waals surface area contributed by atoms with Crippen molar-refractivity contribution in [2.24, 2.45) is 0 Å². The van der Waals surface area contributed by atoms with Crippen LogP contribution in [0, 0.1) is 0 Å². The highest BCUT2D eigenvalue weighted by Crippen LogP contribution is 2.32. The molecule has 102 valence electrons. The third-order valence-electron chi connectivity index (χ3n) is 2.42. The molecule has 5 heteroatoms. The van der Waals surface area contributed by atoms with E-state index in [0.717, 1.165) is 0 Å². The number of carbonyl (C=O) groups is 2. The van der Waals surface area contributed by atoms with Gasteiger partial charge in [0.15, 0.2) is 17.3 Å². The fourth-order valence-corrected chi connectivity index (χ4v) is 1.68. The molecule has 1 aromatic carbocycles. The largest absolute Gasteiger partial charge is 0.460 e. The van der Waals surface area contributed by atoms with E-state index in [0.29, 0.717) is 17.1 Å². The van der Waals surface area contributed by atoms with E-state index in [1.54, 1.807) is 39.0 Å². The summed E-state index contributed by atoms with van der Waals surface area (Å²) in [5, 5.41) is 0. The molecule has 0 fully saturated rings. The third-order valence-corrected chi connectivity index (χ3v) is 2.42. The molecule has 1 aromatic rings. The van der Waals surface area contributed by atoms with Crippen molar-refractivity contribution in [1.29, 1.82) is 0 Å². The summed E-state index contributed by atoms with van der Waals surface area (Å²) in [7, 11) is 0. The Morgan fingerprint density at radius 2 is 1.89 bits per heavy atom. The van der Waals surface area contributed by atoms with E-state index in [9.17, 15) is 9.59 Å². The fourth-order valence-electron chi connectivity index (χ4n) is 1.68. The summed E-state index contributed by atoms with van der Waals surface area (Å²) in [5.74, 6) is 0.298. The second-order valence-electron chi connectivity index (χ2n) is 5.25. The summed E-state index contributed by atoms with van der Waals surface area (Å²) in [6.07, 6.45) is -0.281. The second kappa shape index (κ2) is 4.91. The summed E-state index contributed by atoms with van der Waals surface area (Å²) in [4.78, 5) is 23.5. The number of hydrogen-bond acceptors (Lipinski definition) is 5. The lowest BCUT2D eigenvalue weighted by Crippen LogP contribution is -2.25. The number of Topliss-reactive ketones (excluding diaryl/α,β-unsaturated/α-hetero) is 1. The van der Waals surface area contributed by atoms with E-state index in [4.69, 9.17) is 14.2 Å². The van der Waals surface area contributed by atoms with Crippen molar-refractivity contribution in [3.63, 3.8) is 0 Å². The Bertz CT molecular complexity index is 513. The molecule has 0 radical (unpaired) electrons. The first-order chi connectivity index (χ1) is 8.85. The van der Waals surface area contributed by atoms with Gasteiger partial charge in [-0.25, -0.2) is 0 Å². The molecule has 0 saturated heterocycles. The van der Waals surface area contributed by atoms with Crippen molar-refractivity contribution in [3.8, 4) is 11.5 Å². The van der Waals surface area contributed by atoms with E-state index in [-0.39, 0.29) is 19.0 Å². The van der Waals surface area contributed by atoms with Crippen LogP contribution in [-0.4, -0.2) is 24.1 Å². The number of fused-ring (bicyclic) bond motifs is 1. The molecule has 19 heavy (non-hydrogen) atoms. The van der Waals surface area contributed by atoms with Gasteiger partial charge in [0.2, 0.25) is 6.79 Å². The zero-order valence-electron chi connectivity index (χ0n) is 11.2. The smallest absolute Gasteiger partial charge is 0.314 e. The lowest BCUT2D eigenvalue weighted by atomic mass is 10.1. The first-order valence-electron chi connectivity index (χ1n) is 6.00. The molecular weight excluding hydrogens is 248 g/mol. The van der Waals surface area contributed by atoms with Gasteiger partial charge in [0.05, 0.1) is 0 Å². The van der Waals surface area contributed by atoms with Gasteiger partial charge < -0.3 is 14.2 Å². The van der Waals surface area contributed by atoms with E-state index in [1.165, 1.54) is 0 Å². The number of carbonyl (C=O) groups excluding carboxylic acids is 2. The van der Waals surface area contributed by atoms with Crippen LogP contribution in [0.15, 0.2) is 18.2 Å². The normalized spacial score (nSPS) is 13.2. The van der Waals surface area contributed by atoms with Gasteiger partial charge in [-0.2, -0.15) is 0 Å². The molecule has 1 aliphatic heterocycles. The number of rotatable bonds is 3. The van der Waals surface area contributed by atoms with Crippen LogP contribution in [0.3, 0.4) is 0 Å².